The largest absolute Gasteiger partial charge is 0.489 e. The van der Waals surface area contributed by atoms with Crippen LogP contribution in [0.4, 0.5) is 0 Å². The van der Waals surface area contributed by atoms with Crippen molar-refractivity contribution in [2.45, 2.75) is 6.10 Å². The lowest BCUT2D eigenvalue weighted by Crippen LogP contribution is -2.02. The molecule has 0 spiro atoms. The Hall–Kier alpha value is -1.45. The molecular weight excluding hydrogens is 252 g/mol. The van der Waals surface area contributed by atoms with Gasteiger partial charge in [-0.3, -0.25) is 0 Å². The van der Waals surface area contributed by atoms with Crippen LogP contribution < -0.4 is 9.47 Å². The molecule has 0 saturated heterocycles. The van der Waals surface area contributed by atoms with E-state index in [1.165, 1.54) is 0 Å². The van der Waals surface area contributed by atoms with E-state index in [9.17, 15) is 5.11 Å². The number of hydrogen-bond acceptors (Lipinski definition) is 3. The van der Waals surface area contributed by atoms with Gasteiger partial charge in [0.05, 0.1) is 12.0 Å². The molecule has 0 aromatic heterocycles. The molecule has 1 atom stereocenters. The predicted molar refractivity (Wildman–Crippen MR) is 73.5 cm³/mol. The summed E-state index contributed by atoms with van der Waals surface area (Å²) in [4.78, 5) is 0. The summed E-state index contributed by atoms with van der Waals surface area (Å²) in [6.45, 7) is 7.94. The molecule has 0 amide bonds. The predicted octanol–water partition coefficient (Wildman–Crippen LogP) is 3.09. The highest BCUT2D eigenvalue weighted by Gasteiger charge is 2.10. The molecule has 98 valence electrons. The molecule has 1 rings (SSSR count). The quantitative estimate of drug-likeness (QED) is 0.582. The van der Waals surface area contributed by atoms with Gasteiger partial charge in [-0.15, -0.1) is 11.6 Å². The molecule has 1 N–H and O–H groups in total. The minimum absolute atomic E-state index is 0.117. The molecule has 1 aromatic carbocycles. The van der Waals surface area contributed by atoms with Gasteiger partial charge in [-0.1, -0.05) is 25.3 Å². The highest BCUT2D eigenvalue weighted by atomic mass is 35.5. The molecule has 1 aromatic rings. The van der Waals surface area contributed by atoms with Crippen LogP contribution in [0.1, 0.15) is 11.7 Å². The van der Waals surface area contributed by atoms with Crippen molar-refractivity contribution in [1.29, 1.82) is 0 Å². The van der Waals surface area contributed by atoms with Crippen molar-refractivity contribution in [3.8, 4) is 11.5 Å². The van der Waals surface area contributed by atoms with E-state index in [2.05, 4.69) is 13.2 Å². The fourth-order valence-corrected chi connectivity index (χ4v) is 1.53. The van der Waals surface area contributed by atoms with E-state index in [0.29, 0.717) is 30.3 Å². The summed E-state index contributed by atoms with van der Waals surface area (Å²) in [6.07, 6.45) is 2.55. The van der Waals surface area contributed by atoms with E-state index in [1.54, 1.807) is 30.4 Å². The minimum atomic E-state index is -0.745. The van der Waals surface area contributed by atoms with Gasteiger partial charge in [0.1, 0.15) is 24.7 Å². The first-order valence-corrected chi connectivity index (χ1v) is 6.11. The van der Waals surface area contributed by atoms with Gasteiger partial charge in [0.25, 0.3) is 0 Å². The third-order valence-electron chi connectivity index (χ3n) is 2.17. The van der Waals surface area contributed by atoms with Gasteiger partial charge in [0, 0.05) is 6.07 Å². The fraction of sp³-hybridized carbons (Fsp3) is 0.286. The Morgan fingerprint density at radius 2 is 1.61 bits per heavy atom. The molecular formula is C14H17ClO3. The van der Waals surface area contributed by atoms with Crippen molar-refractivity contribution in [2.75, 3.05) is 19.1 Å². The Labute approximate surface area is 112 Å². The summed E-state index contributed by atoms with van der Waals surface area (Å²) in [6, 6.07) is 5.21. The molecule has 0 aliphatic rings. The molecule has 4 heteroatoms. The number of aliphatic hydroxyl groups excluding tert-OH is 1. The van der Waals surface area contributed by atoms with Crippen molar-refractivity contribution in [3.63, 3.8) is 0 Å². The molecule has 3 nitrogen and oxygen atoms in total. The van der Waals surface area contributed by atoms with E-state index < -0.39 is 6.10 Å². The first kappa shape index (κ1) is 14.6. The van der Waals surface area contributed by atoms with Gasteiger partial charge in [0.2, 0.25) is 0 Å². The number of aliphatic hydroxyl groups is 1. The number of ether oxygens (including phenoxy) is 2. The number of halogens is 1. The van der Waals surface area contributed by atoms with Crippen molar-refractivity contribution in [3.05, 3.63) is 49.1 Å². The van der Waals surface area contributed by atoms with Gasteiger partial charge in [-0.05, 0) is 17.7 Å². The van der Waals surface area contributed by atoms with Crippen LogP contribution in [0.3, 0.4) is 0 Å². The standard InChI is InChI=1S/C14H17ClO3/c1-3-5-17-12-7-11(14(16)10-15)8-13(9-12)18-6-4-2/h3-4,7-9,14,16H,1-2,5-6,10H2/t14-/m0/s1. The summed E-state index contributed by atoms with van der Waals surface area (Å²) < 4.78 is 10.9. The second-order valence-corrected chi connectivity index (χ2v) is 3.92. The molecule has 0 heterocycles. The summed E-state index contributed by atoms with van der Waals surface area (Å²) in [5, 5.41) is 9.75. The van der Waals surface area contributed by atoms with Gasteiger partial charge in [0.15, 0.2) is 0 Å². The zero-order valence-electron chi connectivity index (χ0n) is 10.1. The van der Waals surface area contributed by atoms with Crippen molar-refractivity contribution < 1.29 is 14.6 Å². The van der Waals surface area contributed by atoms with E-state index in [-0.39, 0.29) is 5.88 Å². The van der Waals surface area contributed by atoms with Gasteiger partial charge in [-0.25, -0.2) is 0 Å². The van der Waals surface area contributed by atoms with Crippen molar-refractivity contribution >= 4 is 11.6 Å². The molecule has 18 heavy (non-hydrogen) atoms. The van der Waals surface area contributed by atoms with Crippen LogP contribution in [0.2, 0.25) is 0 Å². The van der Waals surface area contributed by atoms with Crippen LogP contribution in [0.25, 0.3) is 0 Å². The van der Waals surface area contributed by atoms with Gasteiger partial charge >= 0.3 is 0 Å². The first-order chi connectivity index (χ1) is 8.71. The third kappa shape index (κ3) is 4.43. The first-order valence-electron chi connectivity index (χ1n) is 5.57. The number of benzene rings is 1. The Kier molecular flexibility index (Phi) is 6.33. The Morgan fingerprint density at radius 3 is 2.00 bits per heavy atom. The molecule has 0 saturated carbocycles. The third-order valence-corrected chi connectivity index (χ3v) is 2.46. The summed E-state index contributed by atoms with van der Waals surface area (Å²) in [5.74, 6) is 1.33. The summed E-state index contributed by atoms with van der Waals surface area (Å²) in [5.41, 5.74) is 0.658. The van der Waals surface area contributed by atoms with Crippen LogP contribution in [-0.2, 0) is 0 Å². The number of rotatable bonds is 8. The summed E-state index contributed by atoms with van der Waals surface area (Å²) >= 11 is 5.64. The lowest BCUT2D eigenvalue weighted by Gasteiger charge is -2.13. The Morgan fingerprint density at radius 1 is 1.11 bits per heavy atom. The lowest BCUT2D eigenvalue weighted by atomic mass is 10.1. The number of alkyl halides is 1. The lowest BCUT2D eigenvalue weighted by molar-refractivity contribution is 0.201. The molecule has 0 aliphatic heterocycles. The maximum atomic E-state index is 9.75. The van der Waals surface area contributed by atoms with Crippen LogP contribution >= 0.6 is 11.6 Å². The van der Waals surface area contributed by atoms with Gasteiger partial charge in [-0.2, -0.15) is 0 Å². The smallest absolute Gasteiger partial charge is 0.123 e. The maximum absolute atomic E-state index is 9.75. The molecule has 0 unspecified atom stereocenters. The highest BCUT2D eigenvalue weighted by Crippen LogP contribution is 2.27. The van der Waals surface area contributed by atoms with Crippen molar-refractivity contribution in [2.24, 2.45) is 0 Å². The van der Waals surface area contributed by atoms with Gasteiger partial charge < -0.3 is 14.6 Å². The van der Waals surface area contributed by atoms with E-state index in [1.807, 2.05) is 0 Å². The van der Waals surface area contributed by atoms with Crippen LogP contribution in [0.5, 0.6) is 11.5 Å². The van der Waals surface area contributed by atoms with Crippen LogP contribution in [-0.4, -0.2) is 24.2 Å². The van der Waals surface area contributed by atoms with E-state index in [4.69, 9.17) is 21.1 Å². The average molecular weight is 269 g/mol. The minimum Gasteiger partial charge on any atom is -0.489 e. The van der Waals surface area contributed by atoms with E-state index in [0.717, 1.165) is 0 Å². The number of hydrogen-bond donors (Lipinski definition) is 1. The van der Waals surface area contributed by atoms with Crippen LogP contribution in [0.15, 0.2) is 43.5 Å². The zero-order chi connectivity index (χ0) is 13.4. The molecule has 0 fully saturated rings. The topological polar surface area (TPSA) is 38.7 Å². The van der Waals surface area contributed by atoms with E-state index >= 15 is 0 Å². The van der Waals surface area contributed by atoms with Crippen molar-refractivity contribution in [1.82, 2.24) is 0 Å². The fourth-order valence-electron chi connectivity index (χ4n) is 1.35. The zero-order valence-corrected chi connectivity index (χ0v) is 10.9. The molecule has 0 bridgehead atoms. The monoisotopic (exact) mass is 268 g/mol. The molecule has 0 aliphatic carbocycles. The Balaban J connectivity index is 2.94. The average Bonchev–Trinajstić information content (AvgIpc) is 2.41. The second-order valence-electron chi connectivity index (χ2n) is 3.61. The van der Waals surface area contributed by atoms with Crippen LogP contribution in [0, 0.1) is 0 Å². The summed E-state index contributed by atoms with van der Waals surface area (Å²) in [7, 11) is 0. The normalized spacial score (nSPS) is 11.7. The Bertz CT molecular complexity index is 374. The second kappa shape index (κ2) is 7.80. The highest BCUT2D eigenvalue weighted by molar-refractivity contribution is 6.18. The molecule has 0 radical (unpaired) electrons. The maximum Gasteiger partial charge on any atom is 0.123 e. The SMILES string of the molecule is C=CCOc1cc(OCC=C)cc([C@@H](O)CCl)c1.